The van der Waals surface area contributed by atoms with Gasteiger partial charge in [-0.15, -0.1) is 0 Å². The summed E-state index contributed by atoms with van der Waals surface area (Å²) >= 11 is 3.52. The number of benzene rings is 2. The number of nitrogens with one attached hydrogen (secondary N) is 1. The Morgan fingerprint density at radius 2 is 1.84 bits per heavy atom. The smallest absolute Gasteiger partial charge is 0.321 e. The van der Waals surface area contributed by atoms with Gasteiger partial charge in [-0.1, -0.05) is 18.2 Å². The molecule has 1 aromatic heterocycles. The Morgan fingerprint density at radius 3 is 2.58 bits per heavy atom. The molecule has 0 aliphatic carbocycles. The number of halogens is 1. The Hall–Kier alpha value is -2.73. The van der Waals surface area contributed by atoms with Gasteiger partial charge in [0.25, 0.3) is 0 Å². The number of nitrogens with zero attached hydrogens (tertiary/aromatic N) is 3. The molecule has 1 spiro atoms. The molecule has 0 bridgehead atoms. The van der Waals surface area contributed by atoms with E-state index in [0.717, 1.165) is 42.6 Å². The summed E-state index contributed by atoms with van der Waals surface area (Å²) in [6.45, 7) is 6.77. The maximum absolute atomic E-state index is 13.0. The van der Waals surface area contributed by atoms with E-state index < -0.39 is 0 Å². The highest BCUT2D eigenvalue weighted by molar-refractivity contribution is 9.10. The van der Waals surface area contributed by atoms with Gasteiger partial charge in [-0.25, -0.2) is 4.79 Å². The van der Waals surface area contributed by atoms with Crippen LogP contribution in [0.3, 0.4) is 0 Å². The number of amides is 2. The number of para-hydroxylation sites is 1. The molecule has 0 atom stereocenters. The number of carbonyl (C=O) groups excluding carboxylic acids is 1. The summed E-state index contributed by atoms with van der Waals surface area (Å²) in [5.74, 6) is 0. The van der Waals surface area contributed by atoms with Crippen molar-refractivity contribution < 1.29 is 4.79 Å². The van der Waals surface area contributed by atoms with Crippen molar-refractivity contribution in [1.82, 2.24) is 9.47 Å². The van der Waals surface area contributed by atoms with Crippen LogP contribution in [0.2, 0.25) is 0 Å². The number of anilines is 2. The molecule has 2 amide bonds. The summed E-state index contributed by atoms with van der Waals surface area (Å²) in [6.07, 6.45) is 3.98. The highest BCUT2D eigenvalue weighted by Gasteiger charge is 2.46. The summed E-state index contributed by atoms with van der Waals surface area (Å²) in [4.78, 5) is 17.5. The van der Waals surface area contributed by atoms with E-state index >= 15 is 0 Å². The van der Waals surface area contributed by atoms with Crippen molar-refractivity contribution >= 4 is 33.3 Å². The SMILES string of the molecule is CCN1c2cc(C)ccc2-n2cccc2C12CCN(C(=O)Nc1ccccc1Br)CC2. The molecule has 5 rings (SSSR count). The fraction of sp³-hybridized carbons (Fsp3) is 0.320. The number of rotatable bonds is 2. The van der Waals surface area contributed by atoms with Crippen LogP contribution >= 0.6 is 15.9 Å². The maximum Gasteiger partial charge on any atom is 0.321 e. The molecule has 160 valence electrons. The molecule has 1 N–H and O–H groups in total. The standard InChI is InChI=1S/C25H27BrN4O/c1-3-30-22-17-18(2)10-11-21(22)29-14-6-9-23(29)25(30)12-15-28(16-13-25)24(31)27-20-8-5-4-7-19(20)26/h4-11,14,17H,3,12-13,15-16H2,1-2H3,(H,27,31). The second-order valence-corrected chi connectivity index (χ2v) is 9.28. The molecule has 1 saturated heterocycles. The van der Waals surface area contributed by atoms with Crippen molar-refractivity contribution in [3.05, 3.63) is 76.5 Å². The zero-order chi connectivity index (χ0) is 21.6. The molecule has 0 unspecified atom stereocenters. The Morgan fingerprint density at radius 1 is 1.06 bits per heavy atom. The largest absolute Gasteiger partial charge is 0.359 e. The molecule has 2 aliphatic heterocycles. The summed E-state index contributed by atoms with van der Waals surface area (Å²) in [5.41, 5.74) is 5.84. The lowest BCUT2D eigenvalue weighted by Gasteiger charge is -2.53. The predicted octanol–water partition coefficient (Wildman–Crippen LogP) is 5.91. The van der Waals surface area contributed by atoms with Crippen LogP contribution in [-0.2, 0) is 5.54 Å². The number of aromatic nitrogens is 1. The fourth-order valence-corrected chi connectivity index (χ4v) is 5.61. The highest BCUT2D eigenvalue weighted by atomic mass is 79.9. The van der Waals surface area contributed by atoms with Crippen molar-refractivity contribution in [3.63, 3.8) is 0 Å². The Balaban J connectivity index is 1.43. The molecule has 1 fully saturated rings. The number of aryl methyl sites for hydroxylation is 1. The lowest BCUT2D eigenvalue weighted by atomic mass is 9.80. The van der Waals surface area contributed by atoms with E-state index in [-0.39, 0.29) is 11.6 Å². The monoisotopic (exact) mass is 478 g/mol. The molecule has 2 aliphatic rings. The summed E-state index contributed by atoms with van der Waals surface area (Å²) < 4.78 is 3.24. The first-order valence-corrected chi connectivity index (χ1v) is 11.7. The lowest BCUT2D eigenvalue weighted by molar-refractivity contribution is 0.161. The van der Waals surface area contributed by atoms with Crippen LogP contribution < -0.4 is 10.2 Å². The van der Waals surface area contributed by atoms with Gasteiger partial charge in [0.05, 0.1) is 22.6 Å². The van der Waals surface area contributed by atoms with Gasteiger partial charge in [-0.2, -0.15) is 0 Å². The first-order chi connectivity index (χ1) is 15.0. The fourth-order valence-electron chi connectivity index (χ4n) is 5.23. The minimum Gasteiger partial charge on any atom is -0.359 e. The number of fused-ring (bicyclic) bond motifs is 4. The zero-order valence-electron chi connectivity index (χ0n) is 17.9. The minimum absolute atomic E-state index is 0.0350. The number of hydrogen-bond acceptors (Lipinski definition) is 2. The Kier molecular flexibility index (Phi) is 5.05. The minimum atomic E-state index is -0.0941. The average Bonchev–Trinajstić information content (AvgIpc) is 3.27. The molecule has 3 heterocycles. The topological polar surface area (TPSA) is 40.5 Å². The Bertz CT molecular complexity index is 1130. The second kappa shape index (κ2) is 7.75. The third kappa shape index (κ3) is 3.24. The van der Waals surface area contributed by atoms with Crippen molar-refractivity contribution in [2.45, 2.75) is 32.2 Å². The van der Waals surface area contributed by atoms with Gasteiger partial charge >= 0.3 is 6.03 Å². The summed E-state index contributed by atoms with van der Waals surface area (Å²) in [6, 6.07) is 18.8. The van der Waals surface area contributed by atoms with Gasteiger partial charge in [0.15, 0.2) is 0 Å². The van der Waals surface area contributed by atoms with Crippen LogP contribution in [0, 0.1) is 6.92 Å². The average molecular weight is 479 g/mol. The van der Waals surface area contributed by atoms with Crippen LogP contribution in [0.1, 0.15) is 31.0 Å². The molecule has 0 radical (unpaired) electrons. The van der Waals surface area contributed by atoms with Crippen LogP contribution in [0.5, 0.6) is 0 Å². The predicted molar refractivity (Wildman–Crippen MR) is 129 cm³/mol. The Labute approximate surface area is 191 Å². The molecule has 5 nitrogen and oxygen atoms in total. The van der Waals surface area contributed by atoms with Crippen LogP contribution in [0.15, 0.2) is 65.3 Å². The summed E-state index contributed by atoms with van der Waals surface area (Å²) in [5, 5.41) is 3.06. The van der Waals surface area contributed by atoms with Crippen molar-refractivity contribution in [2.24, 2.45) is 0 Å². The lowest BCUT2D eigenvalue weighted by Crippen LogP contribution is -2.57. The van der Waals surface area contributed by atoms with Crippen molar-refractivity contribution in [2.75, 3.05) is 29.9 Å². The molecule has 6 heteroatoms. The number of likely N-dealkylation sites (tertiary alicyclic amines) is 1. The molecule has 3 aromatic rings. The van der Waals surface area contributed by atoms with Gasteiger partial charge in [0.1, 0.15) is 0 Å². The third-order valence-electron chi connectivity index (χ3n) is 6.73. The van der Waals surface area contributed by atoms with E-state index in [1.54, 1.807) is 0 Å². The van der Waals surface area contributed by atoms with Gasteiger partial charge in [0, 0.05) is 36.0 Å². The second-order valence-electron chi connectivity index (χ2n) is 8.43. The maximum atomic E-state index is 13.0. The van der Waals surface area contributed by atoms with E-state index in [2.05, 4.69) is 81.1 Å². The van der Waals surface area contributed by atoms with Gasteiger partial charge < -0.3 is 19.7 Å². The molecular formula is C25H27BrN4O. The first kappa shape index (κ1) is 20.2. The summed E-state index contributed by atoms with van der Waals surface area (Å²) in [7, 11) is 0. The van der Waals surface area contributed by atoms with Crippen LogP contribution in [0.25, 0.3) is 5.69 Å². The highest BCUT2D eigenvalue weighted by Crippen LogP contribution is 2.48. The van der Waals surface area contributed by atoms with Gasteiger partial charge in [-0.3, -0.25) is 0 Å². The van der Waals surface area contributed by atoms with E-state index in [1.807, 2.05) is 29.2 Å². The number of carbonyl (C=O) groups is 1. The van der Waals surface area contributed by atoms with E-state index in [4.69, 9.17) is 0 Å². The first-order valence-electron chi connectivity index (χ1n) is 10.9. The normalized spacial score (nSPS) is 16.7. The van der Waals surface area contributed by atoms with Crippen molar-refractivity contribution in [1.29, 1.82) is 0 Å². The molecule has 0 saturated carbocycles. The number of urea groups is 1. The quantitative estimate of drug-likeness (QED) is 0.497. The number of hydrogen-bond donors (Lipinski definition) is 1. The van der Waals surface area contributed by atoms with Gasteiger partial charge in [-0.05, 0) is 84.6 Å². The molecule has 2 aromatic carbocycles. The number of piperidine rings is 1. The van der Waals surface area contributed by atoms with Crippen LogP contribution in [-0.4, -0.2) is 35.1 Å². The van der Waals surface area contributed by atoms with E-state index in [1.165, 1.54) is 22.6 Å². The van der Waals surface area contributed by atoms with E-state index in [9.17, 15) is 4.79 Å². The van der Waals surface area contributed by atoms with Gasteiger partial charge in [0.2, 0.25) is 0 Å². The van der Waals surface area contributed by atoms with Crippen molar-refractivity contribution in [3.8, 4) is 5.69 Å². The molecular weight excluding hydrogens is 452 g/mol. The zero-order valence-corrected chi connectivity index (χ0v) is 19.5. The van der Waals surface area contributed by atoms with Crippen LogP contribution in [0.4, 0.5) is 16.2 Å². The van der Waals surface area contributed by atoms with E-state index in [0.29, 0.717) is 0 Å². The molecule has 31 heavy (non-hydrogen) atoms. The third-order valence-corrected chi connectivity index (χ3v) is 7.42.